The van der Waals surface area contributed by atoms with Crippen LogP contribution in [0.2, 0.25) is 0 Å². The van der Waals surface area contributed by atoms with Gasteiger partial charge in [-0.2, -0.15) is 0 Å². The van der Waals surface area contributed by atoms with Gasteiger partial charge >= 0.3 is 5.97 Å². The summed E-state index contributed by atoms with van der Waals surface area (Å²) in [6.45, 7) is 6.02. The van der Waals surface area contributed by atoms with Crippen molar-refractivity contribution in [1.29, 1.82) is 0 Å². The molecule has 0 N–H and O–H groups in total. The molecule has 162 valence electrons. The molecule has 1 aromatic carbocycles. The van der Waals surface area contributed by atoms with Crippen molar-refractivity contribution in [3.05, 3.63) is 29.8 Å². The Hall–Kier alpha value is -1.55. The van der Waals surface area contributed by atoms with Crippen LogP contribution in [0, 0.1) is 23.2 Å². The van der Waals surface area contributed by atoms with E-state index in [4.69, 9.17) is 4.74 Å². The predicted octanol–water partition coefficient (Wildman–Crippen LogP) is 4.73. The highest BCUT2D eigenvalue weighted by Crippen LogP contribution is 2.60. The predicted molar refractivity (Wildman–Crippen MR) is 119 cm³/mol. The highest BCUT2D eigenvalue weighted by atomic mass is 16.5. The van der Waals surface area contributed by atoms with Crippen molar-refractivity contribution < 1.29 is 9.53 Å². The number of carbonyl (C=O) groups is 1. The van der Waals surface area contributed by atoms with E-state index < -0.39 is 0 Å². The molecule has 1 aromatic rings. The number of ether oxygens (including phenoxy) is 1. The smallest absolute Gasteiger partial charge is 0.338 e. The molecule has 0 amide bonds. The van der Waals surface area contributed by atoms with Gasteiger partial charge in [-0.15, -0.1) is 0 Å². The first-order chi connectivity index (χ1) is 14.6. The second-order valence-corrected chi connectivity index (χ2v) is 11.1. The molecular weight excluding hydrogens is 372 g/mol. The Bertz CT molecular complexity index is 768. The van der Waals surface area contributed by atoms with Gasteiger partial charge < -0.3 is 9.64 Å². The number of anilines is 1. The minimum atomic E-state index is -0.217. The van der Waals surface area contributed by atoms with Crippen molar-refractivity contribution in [2.45, 2.75) is 70.4 Å². The SMILES string of the molecule is CCOC(=O)c1ccc(N2CCC3CC2CN3CC23CC4CC(CC(C4)C2)C3)cc1. The van der Waals surface area contributed by atoms with Crippen LogP contribution in [0.15, 0.2) is 24.3 Å². The van der Waals surface area contributed by atoms with Gasteiger partial charge in [-0.05, 0) is 106 Å². The first-order valence-electron chi connectivity index (χ1n) is 12.4. The molecule has 6 aliphatic rings. The highest BCUT2D eigenvalue weighted by molar-refractivity contribution is 5.89. The molecule has 0 spiro atoms. The zero-order valence-corrected chi connectivity index (χ0v) is 18.4. The van der Waals surface area contributed by atoms with Crippen molar-refractivity contribution in [2.75, 3.05) is 31.1 Å². The van der Waals surface area contributed by atoms with E-state index in [1.54, 1.807) is 19.3 Å². The second-order valence-electron chi connectivity index (χ2n) is 11.1. The number of likely N-dealkylation sites (tertiary alicyclic amines) is 1. The zero-order chi connectivity index (χ0) is 20.3. The molecule has 4 saturated carbocycles. The molecule has 7 rings (SSSR count). The maximum Gasteiger partial charge on any atom is 0.338 e. The third kappa shape index (κ3) is 3.26. The fourth-order valence-electron chi connectivity index (χ4n) is 8.41. The summed E-state index contributed by atoms with van der Waals surface area (Å²) in [5.41, 5.74) is 2.58. The van der Waals surface area contributed by atoms with Crippen LogP contribution in [-0.4, -0.2) is 49.2 Å². The molecule has 30 heavy (non-hydrogen) atoms. The van der Waals surface area contributed by atoms with Gasteiger partial charge in [0.25, 0.3) is 0 Å². The lowest BCUT2D eigenvalue weighted by molar-refractivity contribution is -0.0706. The van der Waals surface area contributed by atoms with Crippen molar-refractivity contribution in [1.82, 2.24) is 4.90 Å². The Morgan fingerprint density at radius 3 is 2.30 bits per heavy atom. The van der Waals surface area contributed by atoms with Crippen LogP contribution < -0.4 is 4.90 Å². The zero-order valence-electron chi connectivity index (χ0n) is 18.4. The lowest BCUT2D eigenvalue weighted by Crippen LogP contribution is -2.52. The lowest BCUT2D eigenvalue weighted by atomic mass is 9.49. The number of rotatable bonds is 5. The van der Waals surface area contributed by atoms with Gasteiger partial charge in [-0.3, -0.25) is 4.90 Å². The quantitative estimate of drug-likeness (QED) is 0.659. The van der Waals surface area contributed by atoms with Crippen LogP contribution in [0.25, 0.3) is 0 Å². The Labute approximate surface area is 180 Å². The third-order valence-corrected chi connectivity index (χ3v) is 9.06. The summed E-state index contributed by atoms with van der Waals surface area (Å²) in [4.78, 5) is 17.5. The molecule has 2 atom stereocenters. The second kappa shape index (κ2) is 7.25. The standard InChI is InChI=1S/C26H36N2O2/c1-2-30-25(29)21-3-5-22(6-4-21)28-8-7-23-12-24(28)16-27(23)17-26-13-18-9-19(14-26)11-20(10-18)15-26/h3-6,18-20,23-24H,2,7-17H2,1H3. The van der Waals surface area contributed by atoms with E-state index in [1.165, 1.54) is 50.9 Å². The first kappa shape index (κ1) is 19.2. The number of carbonyl (C=O) groups excluding carboxylic acids is 1. The van der Waals surface area contributed by atoms with Gasteiger partial charge in [0, 0.05) is 37.4 Å². The molecule has 0 radical (unpaired) electrons. The van der Waals surface area contributed by atoms with Crippen LogP contribution in [0.5, 0.6) is 0 Å². The van der Waals surface area contributed by atoms with Crippen LogP contribution >= 0.6 is 0 Å². The number of fused-ring (bicyclic) bond motifs is 2. The van der Waals surface area contributed by atoms with Crippen LogP contribution in [0.1, 0.15) is 68.6 Å². The van der Waals surface area contributed by atoms with Gasteiger partial charge in [0.15, 0.2) is 0 Å². The molecule has 4 heteroatoms. The summed E-state index contributed by atoms with van der Waals surface area (Å²) >= 11 is 0. The molecule has 2 aliphatic heterocycles. The number of hydrogen-bond acceptors (Lipinski definition) is 4. The van der Waals surface area contributed by atoms with Crippen molar-refractivity contribution in [3.63, 3.8) is 0 Å². The number of hydrogen-bond donors (Lipinski definition) is 0. The summed E-state index contributed by atoms with van der Waals surface area (Å²) in [7, 11) is 0. The Kier molecular flexibility index (Phi) is 4.63. The number of piperidine rings is 1. The Balaban J connectivity index is 1.13. The van der Waals surface area contributed by atoms with Crippen LogP contribution in [0.3, 0.4) is 0 Å². The monoisotopic (exact) mass is 408 g/mol. The summed E-state index contributed by atoms with van der Waals surface area (Å²) in [6.07, 6.45) is 11.8. The van der Waals surface area contributed by atoms with Gasteiger partial charge in [-0.1, -0.05) is 0 Å². The minimum absolute atomic E-state index is 0.217. The Morgan fingerprint density at radius 1 is 1.00 bits per heavy atom. The van der Waals surface area contributed by atoms with Crippen LogP contribution in [-0.2, 0) is 4.74 Å². The average molecular weight is 409 g/mol. The largest absolute Gasteiger partial charge is 0.462 e. The summed E-state index contributed by atoms with van der Waals surface area (Å²) in [6, 6.07) is 9.52. The number of esters is 1. The first-order valence-corrected chi connectivity index (χ1v) is 12.4. The molecule has 2 saturated heterocycles. The summed E-state index contributed by atoms with van der Waals surface area (Å²) in [5, 5.41) is 0. The van der Waals surface area contributed by atoms with E-state index in [1.807, 2.05) is 19.1 Å². The minimum Gasteiger partial charge on any atom is -0.462 e. The normalized spacial score (nSPS) is 39.5. The number of benzene rings is 1. The number of nitrogens with zero attached hydrogens (tertiary/aromatic N) is 2. The molecule has 0 aromatic heterocycles. The molecule has 2 unspecified atom stereocenters. The molecule has 4 aliphatic carbocycles. The molecule has 4 nitrogen and oxygen atoms in total. The van der Waals surface area contributed by atoms with Crippen molar-refractivity contribution >= 4 is 11.7 Å². The topological polar surface area (TPSA) is 32.8 Å². The summed E-state index contributed by atoms with van der Waals surface area (Å²) in [5.74, 6) is 2.93. The van der Waals surface area contributed by atoms with Gasteiger partial charge in [0.1, 0.15) is 0 Å². The molecule has 2 heterocycles. The van der Waals surface area contributed by atoms with Crippen molar-refractivity contribution in [2.24, 2.45) is 23.2 Å². The van der Waals surface area contributed by atoms with E-state index in [-0.39, 0.29) is 5.97 Å². The Morgan fingerprint density at radius 2 is 1.67 bits per heavy atom. The molecular formula is C26H36N2O2. The third-order valence-electron chi connectivity index (χ3n) is 9.06. The summed E-state index contributed by atoms with van der Waals surface area (Å²) < 4.78 is 5.13. The maximum atomic E-state index is 12.0. The van der Waals surface area contributed by atoms with Gasteiger partial charge in [0.2, 0.25) is 0 Å². The lowest BCUT2D eigenvalue weighted by Gasteiger charge is -2.58. The van der Waals surface area contributed by atoms with Crippen molar-refractivity contribution in [3.8, 4) is 0 Å². The maximum absolute atomic E-state index is 12.0. The fourth-order valence-corrected chi connectivity index (χ4v) is 8.41. The average Bonchev–Trinajstić information content (AvgIpc) is 3.02. The molecule has 6 fully saturated rings. The molecule has 6 bridgehead atoms. The van der Waals surface area contributed by atoms with E-state index >= 15 is 0 Å². The highest BCUT2D eigenvalue weighted by Gasteiger charge is 2.52. The van der Waals surface area contributed by atoms with Crippen LogP contribution in [0.4, 0.5) is 5.69 Å². The fraction of sp³-hybridized carbons (Fsp3) is 0.731. The van der Waals surface area contributed by atoms with E-state index in [0.29, 0.717) is 23.6 Å². The van der Waals surface area contributed by atoms with Gasteiger partial charge in [0.05, 0.1) is 12.2 Å². The van der Waals surface area contributed by atoms with E-state index in [0.717, 1.165) is 30.3 Å². The van der Waals surface area contributed by atoms with E-state index in [9.17, 15) is 4.79 Å². The van der Waals surface area contributed by atoms with Gasteiger partial charge in [-0.25, -0.2) is 4.79 Å². The van der Waals surface area contributed by atoms with E-state index in [2.05, 4.69) is 21.9 Å².